The molecule has 1 heterocycles. The van der Waals surface area contributed by atoms with Crippen LogP contribution in [0.1, 0.15) is 10.5 Å². The second kappa shape index (κ2) is 5.15. The zero-order chi connectivity index (χ0) is 12.2. The molecule has 0 spiro atoms. The van der Waals surface area contributed by atoms with Gasteiger partial charge in [0.05, 0.1) is 6.20 Å². The van der Waals surface area contributed by atoms with E-state index in [2.05, 4.69) is 15.4 Å². The van der Waals surface area contributed by atoms with Crippen molar-refractivity contribution < 1.29 is 18.0 Å². The van der Waals surface area contributed by atoms with Gasteiger partial charge in [0, 0.05) is 12.4 Å². The number of halogens is 4. The molecule has 0 aliphatic rings. The van der Waals surface area contributed by atoms with E-state index in [0.717, 1.165) is 6.20 Å². The van der Waals surface area contributed by atoms with Crippen LogP contribution in [-0.4, -0.2) is 51.4 Å². The van der Waals surface area contributed by atoms with Crippen molar-refractivity contribution >= 4 is 17.5 Å². The molecule has 0 aliphatic carbocycles. The molecule has 1 N–H and O–H groups in total. The van der Waals surface area contributed by atoms with Crippen molar-refractivity contribution in [1.29, 1.82) is 0 Å². The summed E-state index contributed by atoms with van der Waals surface area (Å²) >= 11 is 5.33. The molecule has 1 rings (SSSR count). The third-order valence-corrected chi connectivity index (χ3v) is 1.81. The topological polar surface area (TPSA) is 61.9 Å². The lowest BCUT2D eigenvalue weighted by Crippen LogP contribution is -2.40. The Bertz CT molecular complexity index is 340. The number of aromatic nitrogens is 3. The number of carbonyl (C=O) groups is 1. The van der Waals surface area contributed by atoms with Gasteiger partial charge in [0.15, 0.2) is 5.69 Å². The summed E-state index contributed by atoms with van der Waals surface area (Å²) in [4.78, 5) is 12.1. The summed E-state index contributed by atoms with van der Waals surface area (Å²) in [7, 11) is 0. The molecule has 9 heteroatoms. The van der Waals surface area contributed by atoms with Gasteiger partial charge < -0.3 is 4.90 Å². The molecule has 0 atom stereocenters. The molecule has 0 saturated heterocycles. The Kier molecular flexibility index (Phi) is 4.11. The van der Waals surface area contributed by atoms with Crippen LogP contribution in [-0.2, 0) is 0 Å². The third kappa shape index (κ3) is 3.69. The molecular formula is C7H8ClF3N4O. The number of rotatable bonds is 4. The molecule has 1 amide bonds. The summed E-state index contributed by atoms with van der Waals surface area (Å²) in [6, 6.07) is 0. The van der Waals surface area contributed by atoms with E-state index in [1.54, 1.807) is 0 Å². The number of nitrogens with zero attached hydrogens (tertiary/aromatic N) is 3. The number of hydrogen-bond acceptors (Lipinski definition) is 3. The highest BCUT2D eigenvalue weighted by Crippen LogP contribution is 2.17. The largest absolute Gasteiger partial charge is 0.406 e. The SMILES string of the molecule is O=C(c1cn[nH]n1)N(CCCl)CC(F)(F)F. The van der Waals surface area contributed by atoms with Crippen molar-refractivity contribution in [3.63, 3.8) is 0 Å². The zero-order valence-corrected chi connectivity index (χ0v) is 8.72. The summed E-state index contributed by atoms with van der Waals surface area (Å²) in [6.07, 6.45) is -3.41. The van der Waals surface area contributed by atoms with Crippen molar-refractivity contribution in [2.45, 2.75) is 6.18 Å². The van der Waals surface area contributed by atoms with Crippen LogP contribution >= 0.6 is 11.6 Å². The predicted octanol–water partition coefficient (Wildman–Crippen LogP) is 1.05. The minimum atomic E-state index is -4.47. The van der Waals surface area contributed by atoms with Gasteiger partial charge in [0.25, 0.3) is 5.91 Å². The van der Waals surface area contributed by atoms with Crippen molar-refractivity contribution in [3.05, 3.63) is 11.9 Å². The molecule has 5 nitrogen and oxygen atoms in total. The van der Waals surface area contributed by atoms with Gasteiger partial charge in [-0.2, -0.15) is 28.6 Å². The van der Waals surface area contributed by atoms with Crippen LogP contribution in [0.5, 0.6) is 0 Å². The summed E-state index contributed by atoms with van der Waals surface area (Å²) in [5, 5.41) is 8.90. The van der Waals surface area contributed by atoms with E-state index in [-0.39, 0.29) is 18.1 Å². The van der Waals surface area contributed by atoms with Gasteiger partial charge in [-0.15, -0.1) is 11.6 Å². The minimum Gasteiger partial charge on any atom is -0.327 e. The average Bonchev–Trinajstić information content (AvgIpc) is 2.66. The highest BCUT2D eigenvalue weighted by atomic mass is 35.5. The minimum absolute atomic E-state index is 0.0837. The maximum atomic E-state index is 12.2. The number of H-pyrrole nitrogens is 1. The highest BCUT2D eigenvalue weighted by Gasteiger charge is 2.33. The van der Waals surface area contributed by atoms with E-state index >= 15 is 0 Å². The van der Waals surface area contributed by atoms with Gasteiger partial charge in [-0.3, -0.25) is 4.79 Å². The van der Waals surface area contributed by atoms with E-state index in [9.17, 15) is 18.0 Å². The number of alkyl halides is 4. The normalized spacial score (nSPS) is 11.5. The molecule has 0 aromatic carbocycles. The van der Waals surface area contributed by atoms with Crippen LogP contribution in [0.25, 0.3) is 0 Å². The second-order valence-electron chi connectivity index (χ2n) is 2.89. The molecule has 0 radical (unpaired) electrons. The lowest BCUT2D eigenvalue weighted by atomic mass is 10.3. The highest BCUT2D eigenvalue weighted by molar-refractivity contribution is 6.18. The molecule has 1 aromatic heterocycles. The van der Waals surface area contributed by atoms with Crippen molar-refractivity contribution in [2.24, 2.45) is 0 Å². The summed E-state index contributed by atoms with van der Waals surface area (Å²) in [5.41, 5.74) is -0.172. The lowest BCUT2D eigenvalue weighted by molar-refractivity contribution is -0.140. The fraction of sp³-hybridized carbons (Fsp3) is 0.571. The summed E-state index contributed by atoms with van der Waals surface area (Å²) < 4.78 is 36.5. The molecule has 1 aromatic rings. The van der Waals surface area contributed by atoms with Crippen LogP contribution < -0.4 is 0 Å². The first-order valence-electron chi connectivity index (χ1n) is 4.22. The molecule has 16 heavy (non-hydrogen) atoms. The molecule has 0 saturated carbocycles. The number of nitrogens with one attached hydrogen (secondary N) is 1. The van der Waals surface area contributed by atoms with Crippen molar-refractivity contribution in [2.75, 3.05) is 19.0 Å². The summed E-state index contributed by atoms with van der Waals surface area (Å²) in [6.45, 7) is -1.56. The molecular weight excluding hydrogens is 249 g/mol. The van der Waals surface area contributed by atoms with Crippen LogP contribution in [0.3, 0.4) is 0 Å². The fourth-order valence-corrected chi connectivity index (χ4v) is 1.24. The van der Waals surface area contributed by atoms with Crippen molar-refractivity contribution in [3.8, 4) is 0 Å². The first-order valence-corrected chi connectivity index (χ1v) is 4.75. The van der Waals surface area contributed by atoms with Gasteiger partial charge in [-0.05, 0) is 0 Å². The van der Waals surface area contributed by atoms with Crippen LogP contribution in [0.2, 0.25) is 0 Å². The zero-order valence-electron chi connectivity index (χ0n) is 7.96. The standard InChI is InChI=1S/C7H8ClF3N4O/c8-1-2-15(4-7(9,10)11)6(16)5-3-12-14-13-5/h3H,1-2,4H2,(H,12,13,14). The Morgan fingerprint density at radius 2 is 2.25 bits per heavy atom. The number of aromatic amines is 1. The quantitative estimate of drug-likeness (QED) is 0.819. The monoisotopic (exact) mass is 256 g/mol. The Morgan fingerprint density at radius 3 is 2.69 bits per heavy atom. The average molecular weight is 257 g/mol. The van der Waals surface area contributed by atoms with E-state index in [0.29, 0.717) is 4.90 Å². The maximum absolute atomic E-state index is 12.2. The third-order valence-electron chi connectivity index (χ3n) is 1.65. The van der Waals surface area contributed by atoms with Crippen LogP contribution in [0.4, 0.5) is 13.2 Å². The van der Waals surface area contributed by atoms with Gasteiger partial charge >= 0.3 is 6.18 Å². The van der Waals surface area contributed by atoms with Gasteiger partial charge in [-0.25, -0.2) is 0 Å². The van der Waals surface area contributed by atoms with Gasteiger partial charge in [-0.1, -0.05) is 0 Å². The van der Waals surface area contributed by atoms with Crippen molar-refractivity contribution in [1.82, 2.24) is 20.3 Å². The van der Waals surface area contributed by atoms with Gasteiger partial charge in [0.2, 0.25) is 0 Å². The Hall–Kier alpha value is -1.31. The number of amides is 1. The number of carbonyl (C=O) groups excluding carboxylic acids is 1. The molecule has 0 fully saturated rings. The first kappa shape index (κ1) is 12.8. The fourth-order valence-electron chi connectivity index (χ4n) is 1.04. The van der Waals surface area contributed by atoms with Crippen LogP contribution in [0, 0.1) is 0 Å². The Labute approximate surface area is 93.6 Å². The van der Waals surface area contributed by atoms with Gasteiger partial charge in [0.1, 0.15) is 6.54 Å². The smallest absolute Gasteiger partial charge is 0.327 e. The molecule has 90 valence electrons. The van der Waals surface area contributed by atoms with E-state index in [1.165, 1.54) is 0 Å². The lowest BCUT2D eigenvalue weighted by Gasteiger charge is -2.21. The molecule has 0 unspecified atom stereocenters. The molecule has 0 bridgehead atoms. The number of hydrogen-bond donors (Lipinski definition) is 1. The maximum Gasteiger partial charge on any atom is 0.406 e. The Morgan fingerprint density at radius 1 is 1.56 bits per heavy atom. The molecule has 0 aliphatic heterocycles. The summed E-state index contributed by atoms with van der Waals surface area (Å²) in [5.74, 6) is -0.939. The first-order chi connectivity index (χ1) is 7.44. The van der Waals surface area contributed by atoms with Crippen LogP contribution in [0.15, 0.2) is 6.20 Å². The predicted molar refractivity (Wildman–Crippen MR) is 49.1 cm³/mol. The van der Waals surface area contributed by atoms with E-state index in [1.807, 2.05) is 0 Å². The Balaban J connectivity index is 2.74. The van der Waals surface area contributed by atoms with E-state index in [4.69, 9.17) is 11.6 Å². The second-order valence-corrected chi connectivity index (χ2v) is 3.26. The van der Waals surface area contributed by atoms with E-state index < -0.39 is 18.6 Å².